The number of nitro groups is 1. The predicted octanol–water partition coefficient (Wildman–Crippen LogP) is 1.60. The summed E-state index contributed by atoms with van der Waals surface area (Å²) in [5, 5.41) is 21.7. The molecule has 0 aliphatic rings. The average molecular weight is 248 g/mol. The number of rotatable bonds is 6. The van der Waals surface area contributed by atoms with Crippen LogP contribution in [-0.4, -0.2) is 29.8 Å². The minimum absolute atomic E-state index is 0.122. The van der Waals surface area contributed by atoms with E-state index in [0.717, 1.165) is 12.1 Å². The van der Waals surface area contributed by atoms with Gasteiger partial charge in [-0.05, 0) is 6.07 Å². The maximum atomic E-state index is 12.1. The van der Waals surface area contributed by atoms with Crippen molar-refractivity contribution < 1.29 is 23.5 Å². The highest BCUT2D eigenvalue weighted by Crippen LogP contribution is 2.30. The zero-order valence-electron chi connectivity index (χ0n) is 8.60. The van der Waals surface area contributed by atoms with Gasteiger partial charge in [0.1, 0.15) is 0 Å². The molecule has 8 heteroatoms. The molecule has 94 valence electrons. The van der Waals surface area contributed by atoms with Gasteiger partial charge >= 0.3 is 6.61 Å². The third-order valence-corrected chi connectivity index (χ3v) is 1.82. The van der Waals surface area contributed by atoms with Gasteiger partial charge in [-0.1, -0.05) is 0 Å². The highest BCUT2D eigenvalue weighted by molar-refractivity contribution is 5.60. The molecule has 1 aromatic carbocycles. The molecule has 6 nitrogen and oxygen atoms in total. The lowest BCUT2D eigenvalue weighted by Gasteiger charge is -2.11. The maximum Gasteiger partial charge on any atom is 0.387 e. The van der Waals surface area contributed by atoms with E-state index < -0.39 is 11.5 Å². The van der Waals surface area contributed by atoms with Crippen molar-refractivity contribution in [3.05, 3.63) is 28.3 Å². The van der Waals surface area contributed by atoms with Crippen LogP contribution in [-0.2, 0) is 0 Å². The average Bonchev–Trinajstić information content (AvgIpc) is 2.26. The second-order valence-corrected chi connectivity index (χ2v) is 2.97. The Bertz CT molecular complexity index is 401. The number of non-ortho nitro benzene ring substituents is 1. The molecule has 17 heavy (non-hydrogen) atoms. The summed E-state index contributed by atoms with van der Waals surface area (Å²) in [7, 11) is 0. The topological polar surface area (TPSA) is 84.6 Å². The normalized spacial score (nSPS) is 10.4. The first-order valence-corrected chi connectivity index (χ1v) is 4.62. The zero-order chi connectivity index (χ0) is 12.8. The summed E-state index contributed by atoms with van der Waals surface area (Å²) >= 11 is 0. The Kier molecular flexibility index (Phi) is 4.58. The van der Waals surface area contributed by atoms with Crippen LogP contribution in [0.25, 0.3) is 0 Å². The molecule has 0 amide bonds. The van der Waals surface area contributed by atoms with E-state index in [2.05, 4.69) is 10.1 Å². The van der Waals surface area contributed by atoms with Crippen molar-refractivity contribution in [2.75, 3.05) is 18.5 Å². The van der Waals surface area contributed by atoms with Gasteiger partial charge in [0.2, 0.25) is 0 Å². The molecule has 0 fully saturated rings. The van der Waals surface area contributed by atoms with E-state index in [1.807, 2.05) is 0 Å². The van der Waals surface area contributed by atoms with Crippen LogP contribution in [0.2, 0.25) is 0 Å². The number of aliphatic hydroxyl groups excluding tert-OH is 1. The first-order chi connectivity index (χ1) is 8.04. The number of hydrogen-bond acceptors (Lipinski definition) is 5. The number of aliphatic hydroxyl groups is 1. The number of nitro benzene ring substituents is 1. The molecule has 0 unspecified atom stereocenters. The molecule has 0 bridgehead atoms. The Morgan fingerprint density at radius 1 is 1.53 bits per heavy atom. The molecule has 1 aromatic rings. The van der Waals surface area contributed by atoms with E-state index in [9.17, 15) is 18.9 Å². The van der Waals surface area contributed by atoms with Crippen LogP contribution in [0.3, 0.4) is 0 Å². The standard InChI is InChI=1S/C9H10F2N2O4/c10-9(11)17-8-5-6(13(15)16)1-2-7(8)12-3-4-14/h1-2,5,9,12,14H,3-4H2. The summed E-state index contributed by atoms with van der Waals surface area (Å²) in [6.07, 6.45) is 0. The number of hydrogen-bond donors (Lipinski definition) is 2. The molecular weight excluding hydrogens is 238 g/mol. The van der Waals surface area contributed by atoms with Crippen molar-refractivity contribution in [2.24, 2.45) is 0 Å². The van der Waals surface area contributed by atoms with Crippen LogP contribution in [0, 0.1) is 10.1 Å². The molecular formula is C9H10F2N2O4. The molecule has 0 spiro atoms. The summed E-state index contributed by atoms with van der Waals surface area (Å²) < 4.78 is 28.3. The predicted molar refractivity (Wildman–Crippen MR) is 55.3 cm³/mol. The third kappa shape index (κ3) is 3.83. The largest absolute Gasteiger partial charge is 0.432 e. The molecule has 0 radical (unpaired) electrons. The number of anilines is 1. The number of benzene rings is 1. The fourth-order valence-corrected chi connectivity index (χ4v) is 1.15. The molecule has 2 N–H and O–H groups in total. The first-order valence-electron chi connectivity index (χ1n) is 4.62. The van der Waals surface area contributed by atoms with Crippen LogP contribution in [0.4, 0.5) is 20.2 Å². The van der Waals surface area contributed by atoms with Gasteiger partial charge in [-0.15, -0.1) is 0 Å². The fraction of sp³-hybridized carbons (Fsp3) is 0.333. The Hall–Kier alpha value is -1.96. The highest BCUT2D eigenvalue weighted by Gasteiger charge is 2.14. The van der Waals surface area contributed by atoms with Gasteiger partial charge in [0.25, 0.3) is 5.69 Å². The smallest absolute Gasteiger partial charge is 0.387 e. The van der Waals surface area contributed by atoms with E-state index in [4.69, 9.17) is 5.11 Å². The maximum absolute atomic E-state index is 12.1. The zero-order valence-corrected chi connectivity index (χ0v) is 8.60. The van der Waals surface area contributed by atoms with Crippen LogP contribution in [0.5, 0.6) is 5.75 Å². The van der Waals surface area contributed by atoms with E-state index in [1.54, 1.807) is 0 Å². The number of ether oxygens (including phenoxy) is 1. The minimum atomic E-state index is -3.08. The SMILES string of the molecule is O=[N+]([O-])c1ccc(NCCO)c(OC(F)F)c1. The van der Waals surface area contributed by atoms with Crippen molar-refractivity contribution in [2.45, 2.75) is 6.61 Å². The number of nitrogens with one attached hydrogen (secondary N) is 1. The minimum Gasteiger partial charge on any atom is -0.432 e. The fourth-order valence-electron chi connectivity index (χ4n) is 1.15. The van der Waals surface area contributed by atoms with E-state index in [-0.39, 0.29) is 30.3 Å². The van der Waals surface area contributed by atoms with Crippen molar-refractivity contribution in [1.82, 2.24) is 0 Å². The molecule has 0 aromatic heterocycles. The summed E-state index contributed by atoms with van der Waals surface area (Å²) in [5.41, 5.74) is -0.194. The Labute approximate surface area is 95.0 Å². The lowest BCUT2D eigenvalue weighted by atomic mass is 10.2. The van der Waals surface area contributed by atoms with Gasteiger partial charge in [0.15, 0.2) is 5.75 Å². The van der Waals surface area contributed by atoms with Crippen LogP contribution < -0.4 is 10.1 Å². The second-order valence-electron chi connectivity index (χ2n) is 2.97. The number of nitrogens with zero attached hydrogens (tertiary/aromatic N) is 1. The van der Waals surface area contributed by atoms with E-state index in [1.165, 1.54) is 6.07 Å². The number of halogens is 2. The van der Waals surface area contributed by atoms with Crippen molar-refractivity contribution in [1.29, 1.82) is 0 Å². The van der Waals surface area contributed by atoms with Gasteiger partial charge in [-0.2, -0.15) is 8.78 Å². The monoisotopic (exact) mass is 248 g/mol. The summed E-state index contributed by atoms with van der Waals surface area (Å²) in [5.74, 6) is -0.331. The van der Waals surface area contributed by atoms with E-state index >= 15 is 0 Å². The third-order valence-electron chi connectivity index (χ3n) is 1.82. The number of alkyl halides is 2. The van der Waals surface area contributed by atoms with Crippen LogP contribution >= 0.6 is 0 Å². The molecule has 0 heterocycles. The van der Waals surface area contributed by atoms with Crippen LogP contribution in [0.1, 0.15) is 0 Å². The van der Waals surface area contributed by atoms with Crippen molar-refractivity contribution in [3.8, 4) is 5.75 Å². The molecule has 0 atom stereocenters. The Morgan fingerprint density at radius 3 is 2.76 bits per heavy atom. The van der Waals surface area contributed by atoms with Gasteiger partial charge < -0.3 is 15.2 Å². The van der Waals surface area contributed by atoms with Gasteiger partial charge in [0, 0.05) is 12.6 Å². The van der Waals surface area contributed by atoms with Crippen molar-refractivity contribution in [3.63, 3.8) is 0 Å². The van der Waals surface area contributed by atoms with Gasteiger partial charge in [-0.3, -0.25) is 10.1 Å². The lowest BCUT2D eigenvalue weighted by molar-refractivity contribution is -0.385. The molecule has 0 aliphatic heterocycles. The molecule has 1 rings (SSSR count). The summed E-state index contributed by atoms with van der Waals surface area (Å²) in [6, 6.07) is 3.29. The lowest BCUT2D eigenvalue weighted by Crippen LogP contribution is -2.09. The van der Waals surface area contributed by atoms with Crippen molar-refractivity contribution >= 4 is 11.4 Å². The summed E-state index contributed by atoms with van der Waals surface area (Å²) in [4.78, 5) is 9.75. The first kappa shape index (κ1) is 13.1. The van der Waals surface area contributed by atoms with Crippen LogP contribution in [0.15, 0.2) is 18.2 Å². The van der Waals surface area contributed by atoms with Gasteiger partial charge in [0.05, 0.1) is 23.3 Å². The quantitative estimate of drug-likeness (QED) is 0.590. The molecule has 0 saturated carbocycles. The highest BCUT2D eigenvalue weighted by atomic mass is 19.3. The molecule has 0 saturated heterocycles. The second kappa shape index (κ2) is 5.94. The van der Waals surface area contributed by atoms with Gasteiger partial charge in [-0.25, -0.2) is 0 Å². The van der Waals surface area contributed by atoms with E-state index in [0.29, 0.717) is 0 Å². The Morgan fingerprint density at radius 2 is 2.24 bits per heavy atom. The Balaban J connectivity index is 2.98. The summed E-state index contributed by atoms with van der Waals surface area (Å²) in [6.45, 7) is -3.16. The molecule has 0 aliphatic carbocycles.